The van der Waals surface area contributed by atoms with Gasteiger partial charge in [-0.3, -0.25) is 9.59 Å². The van der Waals surface area contributed by atoms with Crippen LogP contribution in [0.2, 0.25) is 5.02 Å². The molecule has 1 saturated heterocycles. The number of rotatable bonds is 5. The molecule has 1 heterocycles. The normalized spacial score (nSPS) is 21.1. The first-order chi connectivity index (χ1) is 10.4. The van der Waals surface area contributed by atoms with Crippen molar-refractivity contribution in [3.63, 3.8) is 0 Å². The minimum absolute atomic E-state index is 0.0291. The monoisotopic (exact) mass is 328 g/mol. The van der Waals surface area contributed by atoms with Gasteiger partial charge in [0.1, 0.15) is 5.82 Å². The fourth-order valence-corrected chi connectivity index (χ4v) is 3.31. The van der Waals surface area contributed by atoms with Crippen LogP contribution in [0.5, 0.6) is 0 Å². The minimum Gasteiger partial charge on any atom is -0.382 e. The Morgan fingerprint density at radius 3 is 2.82 bits per heavy atom. The van der Waals surface area contributed by atoms with Crippen molar-refractivity contribution in [2.24, 2.45) is 5.73 Å². The molecule has 120 valence electrons. The molecule has 0 spiro atoms. The molecule has 5 nitrogen and oxygen atoms in total. The van der Waals surface area contributed by atoms with Gasteiger partial charge in [0.15, 0.2) is 0 Å². The van der Waals surface area contributed by atoms with Crippen molar-refractivity contribution in [1.29, 1.82) is 0 Å². The lowest BCUT2D eigenvalue weighted by molar-refractivity contribution is -0.121. The summed E-state index contributed by atoms with van der Waals surface area (Å²) in [6.45, 7) is 0.563. The molecule has 0 radical (unpaired) electrons. The van der Waals surface area contributed by atoms with E-state index in [1.807, 2.05) is 0 Å². The van der Waals surface area contributed by atoms with E-state index in [-0.39, 0.29) is 23.6 Å². The Balaban J connectivity index is 2.40. The Kier molecular flexibility index (Phi) is 5.03. The highest BCUT2D eigenvalue weighted by Gasteiger charge is 2.45. The van der Waals surface area contributed by atoms with Crippen LogP contribution in [0.1, 0.15) is 29.6 Å². The summed E-state index contributed by atoms with van der Waals surface area (Å²) in [4.78, 5) is 25.6. The number of benzene rings is 1. The predicted molar refractivity (Wildman–Crippen MR) is 80.1 cm³/mol. The van der Waals surface area contributed by atoms with Crippen molar-refractivity contribution >= 4 is 23.4 Å². The van der Waals surface area contributed by atoms with Crippen molar-refractivity contribution in [2.45, 2.75) is 24.8 Å². The summed E-state index contributed by atoms with van der Waals surface area (Å²) in [5.41, 5.74) is 4.29. The molecule has 0 saturated carbocycles. The maximum atomic E-state index is 14.0. The minimum atomic E-state index is -0.844. The van der Waals surface area contributed by atoms with Gasteiger partial charge in [0.25, 0.3) is 5.91 Å². The van der Waals surface area contributed by atoms with E-state index in [0.29, 0.717) is 19.4 Å². The summed E-state index contributed by atoms with van der Waals surface area (Å²) < 4.78 is 19.2. The highest BCUT2D eigenvalue weighted by molar-refractivity contribution is 6.33. The molecule has 0 unspecified atom stereocenters. The van der Waals surface area contributed by atoms with Gasteiger partial charge in [-0.1, -0.05) is 17.7 Å². The molecule has 2 rings (SSSR count). The van der Waals surface area contributed by atoms with Crippen LogP contribution in [-0.4, -0.2) is 42.5 Å². The molecule has 2 amide bonds. The molecule has 2 N–H and O–H groups in total. The maximum absolute atomic E-state index is 14.0. The lowest BCUT2D eigenvalue weighted by atomic mass is 9.92. The second kappa shape index (κ2) is 6.62. The summed E-state index contributed by atoms with van der Waals surface area (Å²) in [5, 5.41) is 0.0438. The summed E-state index contributed by atoms with van der Waals surface area (Å²) >= 11 is 5.97. The number of likely N-dealkylation sites (tertiary alicyclic amines) is 1. The Labute approximate surface area is 133 Å². The van der Waals surface area contributed by atoms with E-state index in [0.717, 1.165) is 0 Å². The summed E-state index contributed by atoms with van der Waals surface area (Å²) in [6.07, 6.45) is 1.23. The molecule has 0 bridgehead atoms. The first kappa shape index (κ1) is 16.7. The first-order valence-electron chi connectivity index (χ1n) is 6.94. The van der Waals surface area contributed by atoms with E-state index in [4.69, 9.17) is 22.1 Å². The molecule has 1 atom stereocenters. The molecule has 22 heavy (non-hydrogen) atoms. The van der Waals surface area contributed by atoms with E-state index < -0.39 is 23.2 Å². The Morgan fingerprint density at radius 1 is 1.50 bits per heavy atom. The van der Waals surface area contributed by atoms with Crippen LogP contribution < -0.4 is 5.73 Å². The number of halogens is 2. The third kappa shape index (κ3) is 3.08. The van der Waals surface area contributed by atoms with Gasteiger partial charge in [-0.15, -0.1) is 0 Å². The van der Waals surface area contributed by atoms with Gasteiger partial charge in [0.05, 0.1) is 29.2 Å². The summed E-state index contributed by atoms with van der Waals surface area (Å²) in [7, 11) is 1.49. The van der Waals surface area contributed by atoms with Crippen LogP contribution in [0.4, 0.5) is 4.39 Å². The molecule has 1 aliphatic rings. The summed E-state index contributed by atoms with van der Waals surface area (Å²) in [5.74, 6) is -1.76. The van der Waals surface area contributed by atoms with Crippen LogP contribution in [0.15, 0.2) is 18.2 Å². The van der Waals surface area contributed by atoms with Gasteiger partial charge in [0.2, 0.25) is 5.91 Å². The largest absolute Gasteiger partial charge is 0.382 e. The fourth-order valence-electron chi connectivity index (χ4n) is 3.07. The van der Waals surface area contributed by atoms with Crippen molar-refractivity contribution in [1.82, 2.24) is 4.90 Å². The predicted octanol–water partition coefficient (Wildman–Crippen LogP) is 1.98. The second-order valence-corrected chi connectivity index (χ2v) is 5.86. The molecular formula is C15H18ClFN2O3. The van der Waals surface area contributed by atoms with E-state index in [2.05, 4.69) is 0 Å². The third-order valence-corrected chi connectivity index (χ3v) is 4.25. The van der Waals surface area contributed by atoms with E-state index in [1.165, 1.54) is 30.2 Å². The molecule has 0 aliphatic carbocycles. The van der Waals surface area contributed by atoms with Crippen LogP contribution in [-0.2, 0) is 9.53 Å². The van der Waals surface area contributed by atoms with E-state index >= 15 is 0 Å². The third-order valence-electron chi connectivity index (χ3n) is 3.93. The average Bonchev–Trinajstić information content (AvgIpc) is 2.81. The molecule has 1 aromatic carbocycles. The number of hydrogen-bond donors (Lipinski definition) is 1. The first-order valence-corrected chi connectivity index (χ1v) is 7.32. The van der Waals surface area contributed by atoms with Crippen LogP contribution in [0.25, 0.3) is 0 Å². The van der Waals surface area contributed by atoms with Crippen LogP contribution in [0, 0.1) is 5.82 Å². The lowest BCUT2D eigenvalue weighted by Gasteiger charge is -2.37. The van der Waals surface area contributed by atoms with Crippen molar-refractivity contribution in [2.75, 3.05) is 20.3 Å². The van der Waals surface area contributed by atoms with Gasteiger partial charge in [0, 0.05) is 13.7 Å². The number of carbonyl (C=O) groups is 2. The van der Waals surface area contributed by atoms with Gasteiger partial charge in [-0.05, 0) is 25.0 Å². The molecule has 7 heteroatoms. The molecule has 1 fully saturated rings. The molecular weight excluding hydrogens is 311 g/mol. The molecule has 1 aliphatic heterocycles. The Morgan fingerprint density at radius 2 is 2.23 bits per heavy atom. The van der Waals surface area contributed by atoms with Crippen molar-refractivity contribution in [3.8, 4) is 0 Å². The SMILES string of the molecule is COC[C@@]1(CC(N)=O)CCCN1C(=O)c1c(F)cccc1Cl. The number of nitrogens with zero attached hydrogens (tertiary/aromatic N) is 1. The number of methoxy groups -OCH3 is 1. The molecule has 1 aromatic rings. The number of primary amides is 1. The second-order valence-electron chi connectivity index (χ2n) is 5.46. The highest BCUT2D eigenvalue weighted by atomic mass is 35.5. The zero-order valence-electron chi connectivity index (χ0n) is 12.3. The maximum Gasteiger partial charge on any atom is 0.258 e. The molecule has 0 aromatic heterocycles. The fraction of sp³-hybridized carbons (Fsp3) is 0.467. The lowest BCUT2D eigenvalue weighted by Crippen LogP contribution is -2.52. The topological polar surface area (TPSA) is 72.6 Å². The number of amides is 2. The van der Waals surface area contributed by atoms with Gasteiger partial charge < -0.3 is 15.4 Å². The van der Waals surface area contributed by atoms with Gasteiger partial charge >= 0.3 is 0 Å². The van der Waals surface area contributed by atoms with E-state index in [1.54, 1.807) is 0 Å². The smallest absolute Gasteiger partial charge is 0.258 e. The number of nitrogens with two attached hydrogens (primary N) is 1. The van der Waals surface area contributed by atoms with Crippen molar-refractivity contribution < 1.29 is 18.7 Å². The zero-order chi connectivity index (χ0) is 16.3. The zero-order valence-corrected chi connectivity index (χ0v) is 13.0. The Bertz CT molecular complexity index is 576. The van der Waals surface area contributed by atoms with E-state index in [9.17, 15) is 14.0 Å². The standard InChI is InChI=1S/C15H18ClFN2O3/c1-22-9-15(8-12(18)20)6-3-7-19(15)14(21)13-10(16)4-2-5-11(13)17/h2,4-5H,3,6-9H2,1H3,(H2,18,20)/t15-/m0/s1. The number of ether oxygens (including phenoxy) is 1. The van der Waals surface area contributed by atoms with Crippen LogP contribution in [0.3, 0.4) is 0 Å². The quantitative estimate of drug-likeness (QED) is 0.898. The Hall–Kier alpha value is -1.66. The summed E-state index contributed by atoms with van der Waals surface area (Å²) in [6, 6.07) is 4.07. The van der Waals surface area contributed by atoms with Gasteiger partial charge in [-0.2, -0.15) is 0 Å². The van der Waals surface area contributed by atoms with Crippen LogP contribution >= 0.6 is 11.6 Å². The average molecular weight is 329 g/mol. The number of carbonyl (C=O) groups excluding carboxylic acids is 2. The van der Waals surface area contributed by atoms with Crippen molar-refractivity contribution in [3.05, 3.63) is 34.6 Å². The van der Waals surface area contributed by atoms with Gasteiger partial charge in [-0.25, -0.2) is 4.39 Å². The number of hydrogen-bond acceptors (Lipinski definition) is 3. The highest BCUT2D eigenvalue weighted by Crippen LogP contribution is 2.35.